The molecule has 0 heterocycles. The second kappa shape index (κ2) is 4.36. The third kappa shape index (κ3) is 5.34. The first kappa shape index (κ1) is 8.47. The highest BCUT2D eigenvalue weighted by molar-refractivity contribution is 6.45. The molecule has 0 aromatic carbocycles. The molecule has 0 aromatic rings. The minimum Gasteiger partial charge on any atom is -0.437 e. The van der Waals surface area contributed by atoms with Crippen LogP contribution >= 0.6 is 0 Å². The van der Waals surface area contributed by atoms with Crippen LogP contribution < -0.4 is 5.23 Å². The van der Waals surface area contributed by atoms with E-state index in [1.807, 2.05) is 13.0 Å². The van der Waals surface area contributed by atoms with E-state index in [9.17, 15) is 0 Å². The highest BCUT2D eigenvalue weighted by atomic mass is 16.2. The van der Waals surface area contributed by atoms with Gasteiger partial charge in [-0.2, -0.15) is 5.26 Å². The van der Waals surface area contributed by atoms with Gasteiger partial charge in [0, 0.05) is 12.5 Å². The summed E-state index contributed by atoms with van der Waals surface area (Å²) >= 11 is 0. The highest BCUT2D eigenvalue weighted by Gasteiger charge is 2.06. The Morgan fingerprint density at radius 1 is 1.89 bits per heavy atom. The Hall–Kier alpha value is -0.525. The lowest BCUT2D eigenvalue weighted by Gasteiger charge is -2.08. The van der Waals surface area contributed by atoms with Crippen molar-refractivity contribution in [3.8, 4) is 6.07 Å². The summed E-state index contributed by atoms with van der Waals surface area (Å²) in [4.78, 5) is 0. The van der Waals surface area contributed by atoms with Crippen LogP contribution in [0.25, 0.3) is 0 Å². The fourth-order valence-corrected chi connectivity index (χ4v) is 0.608. The normalized spacial score (nSPS) is 12.2. The van der Waals surface area contributed by atoms with E-state index in [4.69, 9.17) is 10.3 Å². The highest BCUT2D eigenvalue weighted by Crippen LogP contribution is 1.86. The first-order chi connectivity index (χ1) is 4.16. The van der Waals surface area contributed by atoms with E-state index < -0.39 is 7.05 Å². The minimum absolute atomic E-state index is 0.0787. The second-order valence-electron chi connectivity index (χ2n) is 2.11. The van der Waals surface area contributed by atoms with E-state index >= 15 is 0 Å². The molecule has 4 heteroatoms. The van der Waals surface area contributed by atoms with E-state index in [0.717, 1.165) is 0 Å². The molecule has 0 aliphatic heterocycles. The summed E-state index contributed by atoms with van der Waals surface area (Å²) < 4.78 is 0. The van der Waals surface area contributed by atoms with Crippen molar-refractivity contribution in [3.63, 3.8) is 0 Å². The molecule has 0 amide bonds. The molecule has 0 aliphatic carbocycles. The van der Waals surface area contributed by atoms with Gasteiger partial charge in [-0.1, -0.05) is 0 Å². The van der Waals surface area contributed by atoms with Crippen LogP contribution in [0.5, 0.6) is 0 Å². The molecule has 0 fully saturated rings. The zero-order valence-electron chi connectivity index (χ0n) is 5.76. The molecular formula is C5H11BN2O. The molecule has 1 atom stereocenters. The summed E-state index contributed by atoms with van der Waals surface area (Å²) in [6.07, 6.45) is 0.435. The van der Waals surface area contributed by atoms with Gasteiger partial charge in [-0.15, -0.1) is 0 Å². The number of rotatable bonds is 3. The summed E-state index contributed by atoms with van der Waals surface area (Å²) in [5.41, 5.74) is 0. The van der Waals surface area contributed by atoms with Gasteiger partial charge < -0.3 is 10.3 Å². The van der Waals surface area contributed by atoms with E-state index in [2.05, 4.69) is 5.23 Å². The second-order valence-corrected chi connectivity index (χ2v) is 2.11. The molecule has 9 heavy (non-hydrogen) atoms. The Labute approximate surface area is 55.8 Å². The Kier molecular flexibility index (Phi) is 4.11. The van der Waals surface area contributed by atoms with Gasteiger partial charge in [-0.3, -0.25) is 0 Å². The van der Waals surface area contributed by atoms with Crippen LogP contribution in [0.2, 0.25) is 6.82 Å². The fourth-order valence-electron chi connectivity index (χ4n) is 0.608. The Morgan fingerprint density at radius 2 is 2.44 bits per heavy atom. The SMILES string of the molecule is CB(O)N[C@@H](C)CC#N. The summed E-state index contributed by atoms with van der Waals surface area (Å²) in [5, 5.41) is 19.7. The Morgan fingerprint density at radius 3 is 2.78 bits per heavy atom. The Bertz CT molecular complexity index is 110. The van der Waals surface area contributed by atoms with Crippen molar-refractivity contribution in [2.24, 2.45) is 0 Å². The molecule has 0 aromatic heterocycles. The summed E-state index contributed by atoms with van der Waals surface area (Å²) in [7, 11) is -0.520. The summed E-state index contributed by atoms with van der Waals surface area (Å²) in [5.74, 6) is 0. The van der Waals surface area contributed by atoms with E-state index in [1.165, 1.54) is 0 Å². The van der Waals surface area contributed by atoms with Gasteiger partial charge in [-0.05, 0) is 13.7 Å². The third-order valence-corrected chi connectivity index (χ3v) is 0.923. The molecule has 0 saturated heterocycles. The van der Waals surface area contributed by atoms with Gasteiger partial charge in [0.25, 0.3) is 0 Å². The van der Waals surface area contributed by atoms with Crippen LogP contribution in [0.15, 0.2) is 0 Å². The number of hydrogen-bond donors (Lipinski definition) is 2. The van der Waals surface area contributed by atoms with Gasteiger partial charge in [0.05, 0.1) is 6.07 Å². The minimum atomic E-state index is -0.520. The van der Waals surface area contributed by atoms with Crippen LogP contribution in [-0.2, 0) is 0 Å². The average Bonchev–Trinajstić information content (AvgIpc) is 1.63. The lowest BCUT2D eigenvalue weighted by Crippen LogP contribution is -2.37. The van der Waals surface area contributed by atoms with Gasteiger partial charge in [0.15, 0.2) is 0 Å². The molecule has 0 spiro atoms. The smallest absolute Gasteiger partial charge is 0.373 e. The van der Waals surface area contributed by atoms with Crippen LogP contribution in [0.4, 0.5) is 0 Å². The zero-order chi connectivity index (χ0) is 7.28. The number of hydrogen-bond acceptors (Lipinski definition) is 3. The predicted octanol–water partition coefficient (Wildman–Crippen LogP) is -0.0115. The molecule has 0 aliphatic rings. The van der Waals surface area contributed by atoms with Crippen molar-refractivity contribution in [1.82, 2.24) is 5.23 Å². The number of nitrogens with one attached hydrogen (secondary N) is 1. The maximum absolute atomic E-state index is 8.73. The molecule has 0 rings (SSSR count). The van der Waals surface area contributed by atoms with Gasteiger partial charge in [-0.25, -0.2) is 0 Å². The fraction of sp³-hybridized carbons (Fsp3) is 0.800. The topological polar surface area (TPSA) is 56.0 Å². The Balaban J connectivity index is 3.29. The molecule has 2 N–H and O–H groups in total. The third-order valence-electron chi connectivity index (χ3n) is 0.923. The molecule has 0 unspecified atom stereocenters. The van der Waals surface area contributed by atoms with Crippen molar-refractivity contribution < 1.29 is 5.02 Å². The standard InChI is InChI=1S/C5H11BN2O/c1-5(3-4-7)8-6(2)9/h5,8-9H,3H2,1-2H3/t5-/m0/s1. The monoisotopic (exact) mass is 126 g/mol. The molecular weight excluding hydrogens is 115 g/mol. The van der Waals surface area contributed by atoms with Crippen LogP contribution in [0.3, 0.4) is 0 Å². The van der Waals surface area contributed by atoms with E-state index in [1.54, 1.807) is 6.82 Å². The lowest BCUT2D eigenvalue weighted by atomic mass is 9.87. The molecule has 3 nitrogen and oxygen atoms in total. The number of nitrogens with zero attached hydrogens (tertiary/aromatic N) is 1. The van der Waals surface area contributed by atoms with Gasteiger partial charge in [0.2, 0.25) is 0 Å². The van der Waals surface area contributed by atoms with Crippen LogP contribution in [0.1, 0.15) is 13.3 Å². The summed E-state index contributed by atoms with van der Waals surface area (Å²) in [6, 6.07) is 2.08. The quantitative estimate of drug-likeness (QED) is 0.522. The molecule has 0 saturated carbocycles. The molecule has 0 radical (unpaired) electrons. The first-order valence-electron chi connectivity index (χ1n) is 2.98. The zero-order valence-corrected chi connectivity index (χ0v) is 5.76. The van der Waals surface area contributed by atoms with Crippen LogP contribution in [-0.4, -0.2) is 18.1 Å². The van der Waals surface area contributed by atoms with Gasteiger partial charge >= 0.3 is 7.05 Å². The van der Waals surface area contributed by atoms with Crippen molar-refractivity contribution in [3.05, 3.63) is 0 Å². The van der Waals surface area contributed by atoms with E-state index in [-0.39, 0.29) is 6.04 Å². The van der Waals surface area contributed by atoms with E-state index in [0.29, 0.717) is 6.42 Å². The average molecular weight is 126 g/mol. The number of nitriles is 1. The van der Waals surface area contributed by atoms with Crippen LogP contribution in [0, 0.1) is 11.3 Å². The largest absolute Gasteiger partial charge is 0.437 e. The van der Waals surface area contributed by atoms with Crippen molar-refractivity contribution in [1.29, 1.82) is 5.26 Å². The maximum atomic E-state index is 8.73. The van der Waals surface area contributed by atoms with Crippen molar-refractivity contribution in [2.45, 2.75) is 26.2 Å². The first-order valence-corrected chi connectivity index (χ1v) is 2.98. The van der Waals surface area contributed by atoms with Gasteiger partial charge in [0.1, 0.15) is 0 Å². The maximum Gasteiger partial charge on any atom is 0.373 e. The van der Waals surface area contributed by atoms with Crippen molar-refractivity contribution >= 4 is 7.05 Å². The molecule has 50 valence electrons. The lowest BCUT2D eigenvalue weighted by molar-refractivity contribution is 0.530. The predicted molar refractivity (Wildman–Crippen MR) is 36.7 cm³/mol. The summed E-state index contributed by atoms with van der Waals surface area (Å²) in [6.45, 7) is 3.49. The van der Waals surface area contributed by atoms with Crippen molar-refractivity contribution in [2.75, 3.05) is 0 Å². The molecule has 0 bridgehead atoms.